The Bertz CT molecular complexity index is 918. The molecule has 1 aliphatic carbocycles. The van der Waals surface area contributed by atoms with Gasteiger partial charge in [0.2, 0.25) is 5.91 Å². The third-order valence-electron chi connectivity index (χ3n) is 6.33. The SMILES string of the molecule is Cc1sc2ncn(CC3(O)CCN(C(=O)C4CCCC4)CC3)c(=O)c2c1C. The Morgan fingerprint density at radius 3 is 2.63 bits per heavy atom. The predicted molar refractivity (Wildman–Crippen MR) is 106 cm³/mol. The summed E-state index contributed by atoms with van der Waals surface area (Å²) in [6.07, 6.45) is 6.84. The Balaban J connectivity index is 1.48. The van der Waals surface area contributed by atoms with Crippen molar-refractivity contribution in [1.82, 2.24) is 14.5 Å². The lowest BCUT2D eigenvalue weighted by atomic mass is 9.90. The van der Waals surface area contributed by atoms with Crippen molar-refractivity contribution in [1.29, 1.82) is 0 Å². The molecule has 0 atom stereocenters. The molecule has 0 spiro atoms. The number of rotatable bonds is 3. The van der Waals surface area contributed by atoms with Gasteiger partial charge in [-0.1, -0.05) is 12.8 Å². The van der Waals surface area contributed by atoms with E-state index in [1.165, 1.54) is 15.9 Å². The van der Waals surface area contributed by atoms with Crippen LogP contribution in [0.25, 0.3) is 10.2 Å². The van der Waals surface area contributed by atoms with Crippen LogP contribution in [0.1, 0.15) is 49.0 Å². The minimum atomic E-state index is -0.968. The second-order valence-electron chi connectivity index (χ2n) is 8.17. The fraction of sp³-hybridized carbons (Fsp3) is 0.650. The monoisotopic (exact) mass is 389 g/mol. The number of aryl methyl sites for hydroxylation is 2. The van der Waals surface area contributed by atoms with Crippen molar-refractivity contribution >= 4 is 27.5 Å². The zero-order valence-electron chi connectivity index (χ0n) is 16.0. The first-order chi connectivity index (χ1) is 12.9. The molecule has 0 bridgehead atoms. The quantitative estimate of drug-likeness (QED) is 0.876. The normalized spacial score (nSPS) is 20.5. The van der Waals surface area contributed by atoms with E-state index >= 15 is 0 Å². The summed E-state index contributed by atoms with van der Waals surface area (Å²) in [5.74, 6) is 0.425. The van der Waals surface area contributed by atoms with Gasteiger partial charge in [-0.05, 0) is 45.1 Å². The Hall–Kier alpha value is -1.73. The summed E-state index contributed by atoms with van der Waals surface area (Å²) < 4.78 is 1.54. The molecule has 1 amide bonds. The van der Waals surface area contributed by atoms with Gasteiger partial charge in [0.15, 0.2) is 0 Å². The highest BCUT2D eigenvalue weighted by Crippen LogP contribution is 2.30. The third kappa shape index (κ3) is 3.43. The molecule has 3 heterocycles. The zero-order valence-corrected chi connectivity index (χ0v) is 16.8. The van der Waals surface area contributed by atoms with Gasteiger partial charge in [-0.25, -0.2) is 4.98 Å². The molecular weight excluding hydrogens is 362 g/mol. The lowest BCUT2D eigenvalue weighted by Gasteiger charge is -2.39. The summed E-state index contributed by atoms with van der Waals surface area (Å²) >= 11 is 1.53. The van der Waals surface area contributed by atoms with Gasteiger partial charge in [-0.15, -0.1) is 11.3 Å². The molecule has 2 aliphatic rings. The summed E-state index contributed by atoms with van der Waals surface area (Å²) in [5, 5.41) is 11.7. The van der Waals surface area contributed by atoms with Crippen LogP contribution in [0.3, 0.4) is 0 Å². The number of nitrogens with zero attached hydrogens (tertiary/aromatic N) is 3. The van der Waals surface area contributed by atoms with E-state index in [1.54, 1.807) is 6.33 Å². The summed E-state index contributed by atoms with van der Waals surface area (Å²) in [5.41, 5.74) is -0.0736. The van der Waals surface area contributed by atoms with Crippen LogP contribution in [0.2, 0.25) is 0 Å². The molecule has 1 saturated carbocycles. The zero-order chi connectivity index (χ0) is 19.2. The predicted octanol–water partition coefficient (Wildman–Crippen LogP) is 2.62. The molecule has 7 heteroatoms. The van der Waals surface area contributed by atoms with E-state index in [2.05, 4.69) is 4.98 Å². The van der Waals surface area contributed by atoms with Gasteiger partial charge in [0.05, 0.1) is 23.9 Å². The van der Waals surface area contributed by atoms with Crippen LogP contribution in [0.15, 0.2) is 11.1 Å². The van der Waals surface area contributed by atoms with Crippen LogP contribution < -0.4 is 5.56 Å². The van der Waals surface area contributed by atoms with Gasteiger partial charge in [0, 0.05) is 23.9 Å². The Morgan fingerprint density at radius 1 is 1.30 bits per heavy atom. The maximum Gasteiger partial charge on any atom is 0.262 e. The van der Waals surface area contributed by atoms with E-state index in [1.807, 2.05) is 18.7 Å². The number of amides is 1. The topological polar surface area (TPSA) is 75.4 Å². The number of carbonyl (C=O) groups is 1. The first-order valence-electron chi connectivity index (χ1n) is 9.84. The van der Waals surface area contributed by atoms with Gasteiger partial charge >= 0.3 is 0 Å². The average Bonchev–Trinajstić information content (AvgIpc) is 3.27. The second-order valence-corrected chi connectivity index (χ2v) is 9.38. The summed E-state index contributed by atoms with van der Waals surface area (Å²) in [4.78, 5) is 33.7. The van der Waals surface area contributed by atoms with Crippen molar-refractivity contribution in [2.45, 2.75) is 64.5 Å². The first-order valence-corrected chi connectivity index (χ1v) is 10.7. The number of aliphatic hydroxyl groups is 1. The van der Waals surface area contributed by atoms with Crippen LogP contribution in [0.4, 0.5) is 0 Å². The van der Waals surface area contributed by atoms with E-state index in [0.717, 1.165) is 41.0 Å². The fourth-order valence-corrected chi connectivity index (χ4v) is 5.42. The molecule has 2 aromatic rings. The standard InChI is InChI=1S/C20H27N3O3S/c1-13-14(2)27-17-16(13)19(25)23(12-21-17)11-20(26)7-9-22(10-8-20)18(24)15-5-3-4-6-15/h12,15,26H,3-11H2,1-2H3. The van der Waals surface area contributed by atoms with Crippen LogP contribution in [0.5, 0.6) is 0 Å². The van der Waals surface area contributed by atoms with Gasteiger partial charge in [0.25, 0.3) is 5.56 Å². The van der Waals surface area contributed by atoms with Crippen LogP contribution in [-0.4, -0.2) is 44.2 Å². The molecule has 6 nitrogen and oxygen atoms in total. The molecule has 4 rings (SSSR count). The average molecular weight is 390 g/mol. The number of thiophene rings is 1. The van der Waals surface area contributed by atoms with Crippen molar-refractivity contribution in [3.8, 4) is 0 Å². The minimum Gasteiger partial charge on any atom is -0.388 e. The number of hydrogen-bond donors (Lipinski definition) is 1. The highest BCUT2D eigenvalue weighted by Gasteiger charge is 2.37. The number of carbonyl (C=O) groups excluding carboxylic acids is 1. The lowest BCUT2D eigenvalue weighted by molar-refractivity contribution is -0.140. The lowest BCUT2D eigenvalue weighted by Crippen LogP contribution is -2.50. The Kier molecular flexibility index (Phi) is 4.84. The molecule has 0 radical (unpaired) electrons. The molecule has 2 fully saturated rings. The third-order valence-corrected chi connectivity index (χ3v) is 7.45. The maximum atomic E-state index is 12.9. The number of aromatic nitrogens is 2. The number of likely N-dealkylation sites (tertiary alicyclic amines) is 1. The Labute approximate surface area is 162 Å². The van der Waals surface area contributed by atoms with Crippen molar-refractivity contribution < 1.29 is 9.90 Å². The molecule has 0 aromatic carbocycles. The smallest absolute Gasteiger partial charge is 0.262 e. The minimum absolute atomic E-state index is 0.0836. The van der Waals surface area contributed by atoms with Gasteiger partial charge in [0.1, 0.15) is 4.83 Å². The Morgan fingerprint density at radius 2 is 1.96 bits per heavy atom. The number of hydrogen-bond acceptors (Lipinski definition) is 5. The molecule has 146 valence electrons. The first kappa shape index (κ1) is 18.6. The van der Waals surface area contributed by atoms with Crippen LogP contribution in [-0.2, 0) is 11.3 Å². The summed E-state index contributed by atoms with van der Waals surface area (Å²) in [6, 6.07) is 0. The van der Waals surface area contributed by atoms with Gasteiger partial charge in [-0.3, -0.25) is 14.2 Å². The molecule has 0 unspecified atom stereocenters. The molecule has 1 N–H and O–H groups in total. The van der Waals surface area contributed by atoms with Crippen molar-refractivity contribution in [2.24, 2.45) is 5.92 Å². The van der Waals surface area contributed by atoms with Crippen molar-refractivity contribution in [2.75, 3.05) is 13.1 Å². The van der Waals surface area contributed by atoms with E-state index in [4.69, 9.17) is 0 Å². The fourth-order valence-electron chi connectivity index (χ4n) is 4.43. The van der Waals surface area contributed by atoms with E-state index in [9.17, 15) is 14.7 Å². The molecule has 2 aromatic heterocycles. The number of fused-ring (bicyclic) bond motifs is 1. The highest BCUT2D eigenvalue weighted by atomic mass is 32.1. The van der Waals surface area contributed by atoms with Gasteiger partial charge < -0.3 is 10.0 Å². The van der Waals surface area contributed by atoms with E-state index in [0.29, 0.717) is 31.3 Å². The van der Waals surface area contributed by atoms with E-state index < -0.39 is 5.60 Å². The molecule has 1 aliphatic heterocycles. The van der Waals surface area contributed by atoms with Crippen molar-refractivity contribution in [3.63, 3.8) is 0 Å². The highest BCUT2D eigenvalue weighted by molar-refractivity contribution is 7.18. The second kappa shape index (κ2) is 7.02. The molecule has 27 heavy (non-hydrogen) atoms. The van der Waals surface area contributed by atoms with Crippen LogP contribution in [0, 0.1) is 19.8 Å². The summed E-state index contributed by atoms with van der Waals surface area (Å²) in [6.45, 7) is 5.30. The van der Waals surface area contributed by atoms with Crippen molar-refractivity contribution in [3.05, 3.63) is 27.1 Å². The largest absolute Gasteiger partial charge is 0.388 e. The van der Waals surface area contributed by atoms with Gasteiger partial charge in [-0.2, -0.15) is 0 Å². The van der Waals surface area contributed by atoms with Crippen LogP contribution >= 0.6 is 11.3 Å². The molecular formula is C20H27N3O3S. The number of piperidine rings is 1. The summed E-state index contributed by atoms with van der Waals surface area (Å²) in [7, 11) is 0. The maximum absolute atomic E-state index is 12.9. The van der Waals surface area contributed by atoms with E-state index in [-0.39, 0.29) is 23.9 Å². The molecule has 1 saturated heterocycles.